The molecular formula is C18H11Cl2NO3S. The van der Waals surface area contributed by atoms with Crippen LogP contribution in [0.3, 0.4) is 0 Å². The summed E-state index contributed by atoms with van der Waals surface area (Å²) in [7, 11) is 0. The number of thiazole rings is 1. The molecule has 0 unspecified atom stereocenters. The van der Waals surface area contributed by atoms with Gasteiger partial charge in [0.05, 0.1) is 5.02 Å². The minimum atomic E-state index is -0.656. The molecule has 2 aromatic carbocycles. The minimum Gasteiger partial charge on any atom is -0.453 e. The highest BCUT2D eigenvalue weighted by Gasteiger charge is 2.17. The van der Waals surface area contributed by atoms with E-state index in [1.165, 1.54) is 23.5 Å². The largest absolute Gasteiger partial charge is 0.453 e. The second-order valence-corrected chi connectivity index (χ2v) is 6.73. The van der Waals surface area contributed by atoms with Crippen molar-refractivity contribution in [3.63, 3.8) is 0 Å². The van der Waals surface area contributed by atoms with E-state index in [4.69, 9.17) is 27.9 Å². The Hall–Kier alpha value is -2.21. The molecular weight excluding hydrogens is 381 g/mol. The molecule has 0 fully saturated rings. The number of rotatable bonds is 5. The fourth-order valence-electron chi connectivity index (χ4n) is 2.08. The van der Waals surface area contributed by atoms with Crippen LogP contribution in [-0.4, -0.2) is 23.3 Å². The maximum Gasteiger partial charge on any atom is 0.358 e. The van der Waals surface area contributed by atoms with Crippen LogP contribution >= 0.6 is 34.5 Å². The van der Waals surface area contributed by atoms with Crippen LogP contribution in [0.15, 0.2) is 53.9 Å². The van der Waals surface area contributed by atoms with Crippen molar-refractivity contribution < 1.29 is 14.3 Å². The average molecular weight is 392 g/mol. The van der Waals surface area contributed by atoms with Crippen LogP contribution in [0.4, 0.5) is 0 Å². The van der Waals surface area contributed by atoms with Gasteiger partial charge in [0, 0.05) is 21.5 Å². The number of ketones is 1. The molecule has 0 N–H and O–H groups in total. The average Bonchev–Trinajstić information content (AvgIpc) is 3.10. The first-order valence-electron chi connectivity index (χ1n) is 7.21. The van der Waals surface area contributed by atoms with Gasteiger partial charge in [-0.1, -0.05) is 53.5 Å². The minimum absolute atomic E-state index is 0.166. The van der Waals surface area contributed by atoms with Crippen LogP contribution in [0.5, 0.6) is 0 Å². The molecule has 0 atom stereocenters. The molecule has 0 saturated carbocycles. The third-order valence-corrected chi connectivity index (χ3v) is 4.74. The Bertz CT molecular complexity index is 925. The number of benzene rings is 2. The summed E-state index contributed by atoms with van der Waals surface area (Å²) in [5.41, 5.74) is 1.33. The number of nitrogens with zero attached hydrogens (tertiary/aromatic N) is 1. The third kappa shape index (κ3) is 4.25. The maximum absolute atomic E-state index is 12.1. The quantitative estimate of drug-likeness (QED) is 0.445. The van der Waals surface area contributed by atoms with E-state index in [1.54, 1.807) is 11.4 Å². The van der Waals surface area contributed by atoms with E-state index in [1.807, 2.05) is 30.3 Å². The lowest BCUT2D eigenvalue weighted by Gasteiger charge is -2.05. The molecule has 3 aromatic rings. The first kappa shape index (κ1) is 17.6. The van der Waals surface area contributed by atoms with Gasteiger partial charge in [-0.25, -0.2) is 9.78 Å². The molecule has 0 radical (unpaired) electrons. The highest BCUT2D eigenvalue weighted by molar-refractivity contribution is 7.13. The number of Topliss-reactive ketones (excluding diaryl/α,β-unsaturated/α-hetero) is 1. The number of halogens is 2. The molecule has 1 heterocycles. The number of hydrogen-bond donors (Lipinski definition) is 0. The second kappa shape index (κ2) is 7.78. The summed E-state index contributed by atoms with van der Waals surface area (Å²) in [5.74, 6) is -1.06. The van der Waals surface area contributed by atoms with Crippen LogP contribution in [0.2, 0.25) is 10.0 Å². The van der Waals surface area contributed by atoms with Crippen LogP contribution in [-0.2, 0) is 4.74 Å². The van der Waals surface area contributed by atoms with Gasteiger partial charge in [-0.15, -0.1) is 11.3 Å². The lowest BCUT2D eigenvalue weighted by atomic mass is 10.1. The van der Waals surface area contributed by atoms with E-state index in [0.717, 1.165) is 5.56 Å². The number of esters is 1. The summed E-state index contributed by atoms with van der Waals surface area (Å²) in [6.45, 7) is -0.418. The smallest absolute Gasteiger partial charge is 0.358 e. The van der Waals surface area contributed by atoms with Gasteiger partial charge in [0.1, 0.15) is 5.01 Å². The Labute approximate surface area is 158 Å². The van der Waals surface area contributed by atoms with E-state index < -0.39 is 18.4 Å². The SMILES string of the molecule is O=C(OCC(=O)c1ccc(Cl)cc1Cl)c1csc(-c2ccccc2)n1. The van der Waals surface area contributed by atoms with Crippen molar-refractivity contribution in [1.29, 1.82) is 0 Å². The predicted octanol–water partition coefficient (Wildman–Crippen LogP) is 5.16. The zero-order valence-corrected chi connectivity index (χ0v) is 15.1. The number of carbonyl (C=O) groups is 2. The van der Waals surface area contributed by atoms with Crippen molar-refractivity contribution in [3.8, 4) is 10.6 Å². The molecule has 7 heteroatoms. The topological polar surface area (TPSA) is 56.3 Å². The summed E-state index contributed by atoms with van der Waals surface area (Å²) in [6, 6.07) is 14.0. The lowest BCUT2D eigenvalue weighted by Crippen LogP contribution is -2.15. The molecule has 0 bridgehead atoms. The summed E-state index contributed by atoms with van der Waals surface area (Å²) in [6.07, 6.45) is 0. The van der Waals surface area contributed by atoms with Crippen LogP contribution < -0.4 is 0 Å². The van der Waals surface area contributed by atoms with Gasteiger partial charge in [-0.05, 0) is 18.2 Å². The maximum atomic E-state index is 12.1. The molecule has 0 aliphatic heterocycles. The van der Waals surface area contributed by atoms with E-state index in [2.05, 4.69) is 4.98 Å². The number of ether oxygens (including phenoxy) is 1. The van der Waals surface area contributed by atoms with Crippen molar-refractivity contribution in [1.82, 2.24) is 4.98 Å². The number of carbonyl (C=O) groups excluding carboxylic acids is 2. The van der Waals surface area contributed by atoms with Gasteiger partial charge >= 0.3 is 5.97 Å². The fourth-order valence-corrected chi connectivity index (χ4v) is 3.39. The van der Waals surface area contributed by atoms with Crippen LogP contribution in [0.1, 0.15) is 20.8 Å². The van der Waals surface area contributed by atoms with Crippen LogP contribution in [0, 0.1) is 0 Å². The predicted molar refractivity (Wildman–Crippen MR) is 98.6 cm³/mol. The van der Waals surface area contributed by atoms with Gasteiger partial charge in [0.2, 0.25) is 5.78 Å². The van der Waals surface area contributed by atoms with Gasteiger partial charge in [-0.2, -0.15) is 0 Å². The Balaban J connectivity index is 1.65. The molecule has 25 heavy (non-hydrogen) atoms. The molecule has 1 aromatic heterocycles. The van der Waals surface area contributed by atoms with E-state index >= 15 is 0 Å². The fraction of sp³-hybridized carbons (Fsp3) is 0.0556. The van der Waals surface area contributed by atoms with Gasteiger partial charge in [0.25, 0.3) is 0 Å². The van der Waals surface area contributed by atoms with Crippen molar-refractivity contribution in [2.45, 2.75) is 0 Å². The summed E-state index contributed by atoms with van der Waals surface area (Å²) < 4.78 is 5.04. The van der Waals surface area contributed by atoms with Crippen molar-refractivity contribution in [3.05, 3.63) is 75.2 Å². The van der Waals surface area contributed by atoms with E-state index in [-0.39, 0.29) is 16.3 Å². The zero-order chi connectivity index (χ0) is 17.8. The highest BCUT2D eigenvalue weighted by atomic mass is 35.5. The van der Waals surface area contributed by atoms with Crippen molar-refractivity contribution in [2.75, 3.05) is 6.61 Å². The molecule has 4 nitrogen and oxygen atoms in total. The standard InChI is InChI=1S/C18H11Cl2NO3S/c19-12-6-7-13(14(20)8-12)16(22)9-24-18(23)15-10-25-17(21-15)11-4-2-1-3-5-11/h1-8,10H,9H2. The van der Waals surface area contributed by atoms with Gasteiger partial charge in [0.15, 0.2) is 12.3 Å². The normalized spacial score (nSPS) is 10.5. The molecule has 0 saturated heterocycles. The lowest BCUT2D eigenvalue weighted by molar-refractivity contribution is 0.0470. The number of hydrogen-bond acceptors (Lipinski definition) is 5. The second-order valence-electron chi connectivity index (χ2n) is 5.03. The monoisotopic (exact) mass is 391 g/mol. The number of aromatic nitrogens is 1. The van der Waals surface area contributed by atoms with Gasteiger partial charge < -0.3 is 4.74 Å². The molecule has 0 amide bonds. The highest BCUT2D eigenvalue weighted by Crippen LogP contribution is 2.24. The van der Waals surface area contributed by atoms with E-state index in [0.29, 0.717) is 10.0 Å². The summed E-state index contributed by atoms with van der Waals surface area (Å²) >= 11 is 13.1. The Morgan fingerprint density at radius 3 is 2.56 bits per heavy atom. The summed E-state index contributed by atoms with van der Waals surface area (Å²) in [4.78, 5) is 28.4. The molecule has 0 aliphatic carbocycles. The van der Waals surface area contributed by atoms with Crippen molar-refractivity contribution in [2.24, 2.45) is 0 Å². The van der Waals surface area contributed by atoms with Crippen LogP contribution in [0.25, 0.3) is 10.6 Å². The Morgan fingerprint density at radius 2 is 1.84 bits per heavy atom. The first-order chi connectivity index (χ1) is 12.0. The third-order valence-electron chi connectivity index (χ3n) is 3.30. The Kier molecular flexibility index (Phi) is 5.48. The molecule has 3 rings (SSSR count). The van der Waals surface area contributed by atoms with Gasteiger partial charge in [-0.3, -0.25) is 4.79 Å². The summed E-state index contributed by atoms with van der Waals surface area (Å²) in [5, 5.41) is 2.95. The Morgan fingerprint density at radius 1 is 1.08 bits per heavy atom. The molecule has 126 valence electrons. The van der Waals surface area contributed by atoms with E-state index in [9.17, 15) is 9.59 Å². The van der Waals surface area contributed by atoms with Crippen molar-refractivity contribution >= 4 is 46.3 Å². The first-order valence-corrected chi connectivity index (χ1v) is 8.84. The molecule has 0 spiro atoms. The zero-order valence-electron chi connectivity index (χ0n) is 12.7. The molecule has 0 aliphatic rings.